The van der Waals surface area contributed by atoms with Gasteiger partial charge in [-0.3, -0.25) is 28.8 Å². The van der Waals surface area contributed by atoms with E-state index in [1.54, 1.807) is 0 Å². The molecule has 0 radical (unpaired) electrons. The monoisotopic (exact) mass is 442 g/mol. The van der Waals surface area contributed by atoms with Crippen LogP contribution in [-0.4, -0.2) is 85.6 Å². The molecule has 15 nitrogen and oxygen atoms in total. The van der Waals surface area contributed by atoms with Crippen LogP contribution in [0.5, 0.6) is 0 Å². The van der Waals surface area contributed by atoms with Gasteiger partial charge in [0, 0.05) is 18.3 Å². The lowest BCUT2D eigenvalue weighted by atomic mass is 10.1. The fraction of sp³-hybridized carbons (Fsp3) is 0.438. The van der Waals surface area contributed by atoms with E-state index >= 15 is 0 Å². The predicted molar refractivity (Wildman–Crippen MR) is 99.3 cm³/mol. The van der Waals surface area contributed by atoms with Crippen molar-refractivity contribution in [2.75, 3.05) is 6.54 Å². The van der Waals surface area contributed by atoms with Gasteiger partial charge in [0.05, 0.1) is 25.2 Å². The molecule has 0 aliphatic heterocycles. The number of nitrogens with two attached hydrogens (primary N) is 1. The number of aromatic amines is 1. The molecule has 170 valence electrons. The van der Waals surface area contributed by atoms with Crippen molar-refractivity contribution in [3.8, 4) is 0 Å². The zero-order valence-corrected chi connectivity index (χ0v) is 16.0. The molecule has 1 aromatic heterocycles. The van der Waals surface area contributed by atoms with Crippen LogP contribution >= 0.6 is 0 Å². The summed E-state index contributed by atoms with van der Waals surface area (Å²) < 4.78 is 0. The van der Waals surface area contributed by atoms with Gasteiger partial charge in [-0.05, 0) is 0 Å². The topological polar surface area (TPSA) is 254 Å². The molecule has 0 saturated heterocycles. The van der Waals surface area contributed by atoms with Crippen LogP contribution in [0.4, 0.5) is 0 Å². The first-order valence-corrected chi connectivity index (χ1v) is 8.76. The molecule has 15 heteroatoms. The molecule has 0 aliphatic rings. The number of carboxylic acids is 3. The SMILES string of the molecule is NC(CC(=O)O)C(=O)NC(CC(=O)O)C(=O)NC(Cc1cnc[nH]1)C(=O)NCC(=O)O. The van der Waals surface area contributed by atoms with Crippen molar-refractivity contribution in [3.63, 3.8) is 0 Å². The highest BCUT2D eigenvalue weighted by molar-refractivity contribution is 5.96. The number of amides is 3. The Kier molecular flexibility index (Phi) is 9.58. The summed E-state index contributed by atoms with van der Waals surface area (Å²) in [6, 6.07) is -4.56. The Hall–Kier alpha value is -4.01. The molecule has 31 heavy (non-hydrogen) atoms. The number of hydrogen-bond donors (Lipinski definition) is 8. The first-order valence-electron chi connectivity index (χ1n) is 8.76. The fourth-order valence-corrected chi connectivity index (χ4v) is 2.33. The lowest BCUT2D eigenvalue weighted by Crippen LogP contribution is -2.57. The highest BCUT2D eigenvalue weighted by Crippen LogP contribution is 2.02. The van der Waals surface area contributed by atoms with Crippen LogP contribution in [0.2, 0.25) is 0 Å². The summed E-state index contributed by atoms with van der Waals surface area (Å²) in [5, 5.41) is 32.8. The minimum Gasteiger partial charge on any atom is -0.481 e. The maximum Gasteiger partial charge on any atom is 0.322 e. The third kappa shape index (κ3) is 9.35. The number of aromatic nitrogens is 2. The van der Waals surface area contributed by atoms with Gasteiger partial charge in [-0.15, -0.1) is 0 Å². The molecule has 0 bridgehead atoms. The van der Waals surface area contributed by atoms with E-state index in [0.29, 0.717) is 5.69 Å². The van der Waals surface area contributed by atoms with E-state index in [9.17, 15) is 28.8 Å². The minimum atomic E-state index is -1.68. The molecule has 0 aliphatic carbocycles. The summed E-state index contributed by atoms with van der Waals surface area (Å²) in [7, 11) is 0. The predicted octanol–water partition coefficient (Wildman–Crippen LogP) is -3.60. The number of carboxylic acid groups (broad SMARTS) is 3. The molecule has 3 unspecified atom stereocenters. The molecular weight excluding hydrogens is 420 g/mol. The second kappa shape index (κ2) is 11.9. The molecule has 0 spiro atoms. The number of aliphatic carboxylic acids is 3. The second-order valence-corrected chi connectivity index (χ2v) is 6.32. The summed E-state index contributed by atoms with van der Waals surface area (Å²) in [6.07, 6.45) is 0.868. The van der Waals surface area contributed by atoms with Gasteiger partial charge in [-0.2, -0.15) is 0 Å². The van der Waals surface area contributed by atoms with Gasteiger partial charge in [0.1, 0.15) is 18.6 Å². The molecule has 0 aromatic carbocycles. The summed E-state index contributed by atoms with van der Waals surface area (Å²) in [6.45, 7) is -0.729. The van der Waals surface area contributed by atoms with Crippen LogP contribution in [0.25, 0.3) is 0 Å². The number of rotatable bonds is 13. The van der Waals surface area contributed by atoms with Gasteiger partial charge >= 0.3 is 17.9 Å². The summed E-state index contributed by atoms with van der Waals surface area (Å²) in [5.74, 6) is -7.21. The van der Waals surface area contributed by atoms with Crippen LogP contribution < -0.4 is 21.7 Å². The number of H-pyrrole nitrogens is 1. The molecular formula is C16H22N6O9. The Morgan fingerprint density at radius 3 is 2.03 bits per heavy atom. The zero-order valence-electron chi connectivity index (χ0n) is 16.0. The third-order valence-corrected chi connectivity index (χ3v) is 3.77. The average molecular weight is 442 g/mol. The fourth-order valence-electron chi connectivity index (χ4n) is 2.33. The van der Waals surface area contributed by atoms with Crippen LogP contribution in [0.3, 0.4) is 0 Å². The Bertz CT molecular complexity index is 826. The average Bonchev–Trinajstić information content (AvgIpc) is 3.17. The van der Waals surface area contributed by atoms with E-state index < -0.39 is 73.1 Å². The number of imidazole rings is 1. The highest BCUT2D eigenvalue weighted by atomic mass is 16.4. The highest BCUT2D eigenvalue weighted by Gasteiger charge is 2.30. The van der Waals surface area contributed by atoms with Crippen LogP contribution in [0.15, 0.2) is 12.5 Å². The van der Waals surface area contributed by atoms with Crippen molar-refractivity contribution in [1.82, 2.24) is 25.9 Å². The normalized spacial score (nSPS) is 13.3. The molecule has 3 atom stereocenters. The first kappa shape index (κ1) is 25.0. The van der Waals surface area contributed by atoms with Crippen molar-refractivity contribution in [1.29, 1.82) is 0 Å². The smallest absolute Gasteiger partial charge is 0.322 e. The Morgan fingerprint density at radius 1 is 0.903 bits per heavy atom. The Balaban J connectivity index is 2.95. The first-order chi connectivity index (χ1) is 14.5. The zero-order chi connectivity index (χ0) is 23.6. The number of hydrogen-bond acceptors (Lipinski definition) is 8. The van der Waals surface area contributed by atoms with Gasteiger partial charge in [-0.25, -0.2) is 4.98 Å². The van der Waals surface area contributed by atoms with E-state index in [0.717, 1.165) is 0 Å². The molecule has 0 fully saturated rings. The molecule has 1 aromatic rings. The molecule has 1 rings (SSSR count). The maximum atomic E-state index is 12.6. The van der Waals surface area contributed by atoms with E-state index in [4.69, 9.17) is 21.1 Å². The lowest BCUT2D eigenvalue weighted by Gasteiger charge is -2.23. The van der Waals surface area contributed by atoms with Crippen molar-refractivity contribution in [3.05, 3.63) is 18.2 Å². The van der Waals surface area contributed by atoms with E-state index in [1.165, 1.54) is 12.5 Å². The number of carbonyl (C=O) groups excluding carboxylic acids is 3. The summed E-state index contributed by atoms with van der Waals surface area (Å²) in [5.41, 5.74) is 5.80. The number of nitrogens with one attached hydrogen (secondary N) is 4. The quantitative estimate of drug-likeness (QED) is 0.148. The lowest BCUT2D eigenvalue weighted by molar-refractivity contribution is -0.142. The van der Waals surface area contributed by atoms with Crippen molar-refractivity contribution in [2.45, 2.75) is 37.4 Å². The van der Waals surface area contributed by atoms with Gasteiger partial charge in [-0.1, -0.05) is 0 Å². The number of carbonyl (C=O) groups is 6. The summed E-state index contributed by atoms with van der Waals surface area (Å²) >= 11 is 0. The van der Waals surface area contributed by atoms with Crippen LogP contribution in [0.1, 0.15) is 18.5 Å². The van der Waals surface area contributed by atoms with Crippen LogP contribution in [0, 0.1) is 0 Å². The summed E-state index contributed by atoms with van der Waals surface area (Å²) in [4.78, 5) is 75.7. The third-order valence-electron chi connectivity index (χ3n) is 3.77. The van der Waals surface area contributed by atoms with Gasteiger partial charge in [0.15, 0.2) is 0 Å². The molecule has 9 N–H and O–H groups in total. The van der Waals surface area contributed by atoms with Crippen molar-refractivity contribution >= 4 is 35.6 Å². The minimum absolute atomic E-state index is 0.149. The Morgan fingerprint density at radius 2 is 1.52 bits per heavy atom. The molecule has 1 heterocycles. The van der Waals surface area contributed by atoms with Crippen molar-refractivity contribution in [2.24, 2.45) is 5.73 Å². The Labute approximate surface area is 174 Å². The maximum absolute atomic E-state index is 12.6. The van der Waals surface area contributed by atoms with Gasteiger partial charge in [0.2, 0.25) is 17.7 Å². The van der Waals surface area contributed by atoms with E-state index in [1.807, 2.05) is 5.32 Å². The van der Waals surface area contributed by atoms with Crippen molar-refractivity contribution < 1.29 is 44.1 Å². The van der Waals surface area contributed by atoms with E-state index in [-0.39, 0.29) is 6.42 Å². The van der Waals surface area contributed by atoms with E-state index in [2.05, 4.69) is 20.6 Å². The molecule has 3 amide bonds. The largest absolute Gasteiger partial charge is 0.481 e. The van der Waals surface area contributed by atoms with Crippen LogP contribution in [-0.2, 0) is 35.2 Å². The van der Waals surface area contributed by atoms with Gasteiger partial charge < -0.3 is 42.0 Å². The standard InChI is InChI=1S/C16H22N6O9/c17-8(2-11(23)24)14(29)21-10(3-12(25)26)16(31)22-9(1-7-4-18-6-20-7)15(30)19-5-13(27)28/h4,6,8-10H,1-3,5,17H2,(H,18,20)(H,19,30)(H,21,29)(H,22,31)(H,23,24)(H,25,26)(H,27,28). The van der Waals surface area contributed by atoms with Gasteiger partial charge in [0.25, 0.3) is 0 Å². The second-order valence-electron chi connectivity index (χ2n) is 6.32. The molecule has 0 saturated carbocycles. The number of nitrogens with zero attached hydrogens (tertiary/aromatic N) is 1.